The lowest BCUT2D eigenvalue weighted by atomic mass is 9.96. The van der Waals surface area contributed by atoms with E-state index < -0.39 is 0 Å². The molecule has 0 fully saturated rings. The van der Waals surface area contributed by atoms with E-state index in [4.69, 9.17) is 5.26 Å². The molecule has 0 heterocycles. The molecule has 3 heteroatoms. The first-order chi connectivity index (χ1) is 9.15. The lowest BCUT2D eigenvalue weighted by molar-refractivity contribution is -0.122. The third kappa shape index (κ3) is 3.82. The van der Waals surface area contributed by atoms with Gasteiger partial charge in [-0.3, -0.25) is 4.79 Å². The Labute approximate surface area is 115 Å². The average Bonchev–Trinajstić information content (AvgIpc) is 2.45. The molecular formula is C16H22N2O. The second-order valence-corrected chi connectivity index (χ2v) is 4.80. The van der Waals surface area contributed by atoms with Gasteiger partial charge < -0.3 is 4.90 Å². The normalized spacial score (nSPS) is 10.3. The van der Waals surface area contributed by atoms with E-state index in [1.807, 2.05) is 18.2 Å². The fourth-order valence-electron chi connectivity index (χ4n) is 2.34. The minimum Gasteiger partial charge on any atom is -0.314 e. The van der Waals surface area contributed by atoms with Gasteiger partial charge in [-0.15, -0.1) is 0 Å². The Hall–Kier alpha value is -1.82. The van der Waals surface area contributed by atoms with Crippen LogP contribution in [0.15, 0.2) is 24.3 Å². The van der Waals surface area contributed by atoms with Crippen molar-refractivity contribution in [1.82, 2.24) is 0 Å². The summed E-state index contributed by atoms with van der Waals surface area (Å²) in [5, 5.41) is 9.11. The van der Waals surface area contributed by atoms with Crippen LogP contribution >= 0.6 is 0 Å². The van der Waals surface area contributed by atoms with E-state index in [0.29, 0.717) is 11.3 Å². The molecule has 0 bridgehead atoms. The highest BCUT2D eigenvalue weighted by atomic mass is 16.2. The van der Waals surface area contributed by atoms with Crippen molar-refractivity contribution in [3.05, 3.63) is 29.8 Å². The summed E-state index contributed by atoms with van der Waals surface area (Å²) in [6.45, 7) is 4.19. The van der Waals surface area contributed by atoms with E-state index in [1.165, 1.54) is 0 Å². The molecule has 0 aliphatic rings. The van der Waals surface area contributed by atoms with Gasteiger partial charge in [0.25, 0.3) is 0 Å². The van der Waals surface area contributed by atoms with E-state index in [9.17, 15) is 4.79 Å². The maximum absolute atomic E-state index is 12.5. The highest BCUT2D eigenvalue weighted by Gasteiger charge is 2.22. The van der Waals surface area contributed by atoms with Crippen LogP contribution in [0.3, 0.4) is 0 Å². The van der Waals surface area contributed by atoms with Gasteiger partial charge in [-0.25, -0.2) is 0 Å². The quantitative estimate of drug-likeness (QED) is 0.780. The van der Waals surface area contributed by atoms with E-state index in [0.717, 1.165) is 25.7 Å². The molecule has 102 valence electrons. The van der Waals surface area contributed by atoms with Crippen LogP contribution in [0.2, 0.25) is 0 Å². The average molecular weight is 258 g/mol. The number of anilines is 1. The van der Waals surface area contributed by atoms with Gasteiger partial charge in [0.05, 0.1) is 11.3 Å². The van der Waals surface area contributed by atoms with Crippen molar-refractivity contribution >= 4 is 11.6 Å². The second kappa shape index (κ2) is 7.58. The van der Waals surface area contributed by atoms with Crippen LogP contribution in [-0.4, -0.2) is 13.0 Å². The molecule has 0 aromatic heterocycles. The smallest absolute Gasteiger partial charge is 0.229 e. The van der Waals surface area contributed by atoms with Gasteiger partial charge in [-0.05, 0) is 25.0 Å². The molecular weight excluding hydrogens is 236 g/mol. The summed E-state index contributed by atoms with van der Waals surface area (Å²) in [5.74, 6) is 0.179. The van der Waals surface area contributed by atoms with Crippen LogP contribution in [0.1, 0.15) is 45.1 Å². The zero-order chi connectivity index (χ0) is 14.3. The molecule has 0 aliphatic heterocycles. The van der Waals surface area contributed by atoms with E-state index >= 15 is 0 Å². The Bertz CT molecular complexity index is 456. The molecule has 0 atom stereocenters. The van der Waals surface area contributed by atoms with Crippen molar-refractivity contribution in [2.75, 3.05) is 11.9 Å². The van der Waals surface area contributed by atoms with Gasteiger partial charge in [-0.1, -0.05) is 38.8 Å². The molecule has 3 nitrogen and oxygen atoms in total. The summed E-state index contributed by atoms with van der Waals surface area (Å²) >= 11 is 0. The Balaban J connectivity index is 2.94. The van der Waals surface area contributed by atoms with Gasteiger partial charge >= 0.3 is 0 Å². The fraction of sp³-hybridized carbons (Fsp3) is 0.500. The molecule has 0 unspecified atom stereocenters. The number of hydrogen-bond donors (Lipinski definition) is 0. The van der Waals surface area contributed by atoms with E-state index in [2.05, 4.69) is 19.9 Å². The Kier molecular flexibility index (Phi) is 6.08. The molecule has 0 saturated heterocycles. The summed E-state index contributed by atoms with van der Waals surface area (Å²) in [6, 6.07) is 9.38. The maximum atomic E-state index is 12.5. The van der Waals surface area contributed by atoms with Gasteiger partial charge in [0.2, 0.25) is 5.91 Å². The van der Waals surface area contributed by atoms with Crippen LogP contribution in [0, 0.1) is 17.2 Å². The molecule has 0 saturated carbocycles. The van der Waals surface area contributed by atoms with Crippen molar-refractivity contribution < 1.29 is 4.79 Å². The number of carbonyl (C=O) groups excluding carboxylic acids is 1. The summed E-state index contributed by atoms with van der Waals surface area (Å²) in [5.41, 5.74) is 1.25. The molecule has 0 spiro atoms. The fourth-order valence-corrected chi connectivity index (χ4v) is 2.34. The van der Waals surface area contributed by atoms with Crippen molar-refractivity contribution in [3.8, 4) is 6.07 Å². The van der Waals surface area contributed by atoms with E-state index in [-0.39, 0.29) is 11.8 Å². The maximum Gasteiger partial charge on any atom is 0.229 e. The second-order valence-electron chi connectivity index (χ2n) is 4.80. The highest BCUT2D eigenvalue weighted by molar-refractivity contribution is 5.95. The molecule has 19 heavy (non-hydrogen) atoms. The van der Waals surface area contributed by atoms with Crippen molar-refractivity contribution in [2.24, 2.45) is 5.92 Å². The van der Waals surface area contributed by atoms with Crippen LogP contribution in [0.25, 0.3) is 0 Å². The minimum absolute atomic E-state index is 0.0618. The lowest BCUT2D eigenvalue weighted by Gasteiger charge is -2.24. The Morgan fingerprint density at radius 2 is 1.84 bits per heavy atom. The number of rotatable bonds is 6. The van der Waals surface area contributed by atoms with E-state index in [1.54, 1.807) is 18.0 Å². The van der Waals surface area contributed by atoms with Crippen molar-refractivity contribution in [3.63, 3.8) is 0 Å². The molecule has 1 rings (SSSR count). The number of nitriles is 1. The topological polar surface area (TPSA) is 44.1 Å². The molecule has 0 aliphatic carbocycles. The number of para-hydroxylation sites is 1. The Morgan fingerprint density at radius 3 is 2.37 bits per heavy atom. The predicted molar refractivity (Wildman–Crippen MR) is 77.9 cm³/mol. The third-order valence-corrected chi connectivity index (χ3v) is 3.34. The van der Waals surface area contributed by atoms with Gasteiger partial charge in [0.15, 0.2) is 0 Å². The van der Waals surface area contributed by atoms with Crippen molar-refractivity contribution in [2.45, 2.75) is 39.5 Å². The largest absolute Gasteiger partial charge is 0.314 e. The number of amides is 1. The highest BCUT2D eigenvalue weighted by Crippen LogP contribution is 2.23. The monoisotopic (exact) mass is 258 g/mol. The predicted octanol–water partition coefficient (Wildman–Crippen LogP) is 3.74. The van der Waals surface area contributed by atoms with Gasteiger partial charge in [0.1, 0.15) is 6.07 Å². The van der Waals surface area contributed by atoms with Crippen LogP contribution < -0.4 is 4.90 Å². The summed E-state index contributed by atoms with van der Waals surface area (Å²) in [6.07, 6.45) is 3.83. The standard InChI is InChI=1S/C16H22N2O/c1-4-8-13(9-5-2)16(19)18(3)15-11-7-6-10-14(15)12-17/h6-7,10-11,13H,4-5,8-9H2,1-3H3. The third-order valence-electron chi connectivity index (χ3n) is 3.34. The van der Waals surface area contributed by atoms with Gasteiger partial charge in [-0.2, -0.15) is 5.26 Å². The summed E-state index contributed by atoms with van der Waals surface area (Å²) in [7, 11) is 1.76. The molecule has 0 radical (unpaired) electrons. The number of benzene rings is 1. The van der Waals surface area contributed by atoms with Crippen LogP contribution in [-0.2, 0) is 4.79 Å². The summed E-state index contributed by atoms with van der Waals surface area (Å²) < 4.78 is 0. The first-order valence-corrected chi connectivity index (χ1v) is 6.92. The molecule has 1 aromatic carbocycles. The zero-order valence-electron chi connectivity index (χ0n) is 12.0. The van der Waals surface area contributed by atoms with Crippen molar-refractivity contribution in [1.29, 1.82) is 5.26 Å². The zero-order valence-corrected chi connectivity index (χ0v) is 12.0. The number of carbonyl (C=O) groups is 1. The SMILES string of the molecule is CCCC(CCC)C(=O)N(C)c1ccccc1C#N. The number of nitrogens with zero attached hydrogens (tertiary/aromatic N) is 2. The lowest BCUT2D eigenvalue weighted by Crippen LogP contribution is -2.33. The number of hydrogen-bond acceptors (Lipinski definition) is 2. The van der Waals surface area contributed by atoms with Crippen LogP contribution in [0.5, 0.6) is 0 Å². The summed E-state index contributed by atoms with van der Waals surface area (Å²) in [4.78, 5) is 14.1. The molecule has 1 amide bonds. The minimum atomic E-state index is 0.0618. The first-order valence-electron chi connectivity index (χ1n) is 6.92. The van der Waals surface area contributed by atoms with Gasteiger partial charge in [0, 0.05) is 13.0 Å². The molecule has 0 N–H and O–H groups in total. The molecule has 1 aromatic rings. The van der Waals surface area contributed by atoms with Crippen LogP contribution in [0.4, 0.5) is 5.69 Å². The first kappa shape index (κ1) is 15.2. The Morgan fingerprint density at radius 1 is 1.26 bits per heavy atom.